The van der Waals surface area contributed by atoms with Gasteiger partial charge in [-0.25, -0.2) is 8.42 Å². The van der Waals surface area contributed by atoms with Crippen LogP contribution in [0.2, 0.25) is 0 Å². The molecule has 1 aromatic carbocycles. The molecule has 1 aliphatic heterocycles. The zero-order valence-corrected chi connectivity index (χ0v) is 17.7. The molecule has 0 aliphatic carbocycles. The van der Waals surface area contributed by atoms with E-state index in [9.17, 15) is 23.3 Å². The highest BCUT2D eigenvalue weighted by atomic mass is 35.5. The predicted molar refractivity (Wildman–Crippen MR) is 108 cm³/mol. The molecule has 1 saturated heterocycles. The summed E-state index contributed by atoms with van der Waals surface area (Å²) in [7, 11) is -3.76. The van der Waals surface area contributed by atoms with Crippen molar-refractivity contribution in [1.29, 1.82) is 0 Å². The SMILES string of the molecule is CCC(CC)(CN)C(=O)N1CCN(S(=O)(=O)c2ccc([N+](=O)[O-])cc2)CC1.Cl. The molecule has 0 saturated carbocycles. The van der Waals surface area contributed by atoms with Gasteiger partial charge in [-0.15, -0.1) is 12.4 Å². The van der Waals surface area contributed by atoms with Gasteiger partial charge in [0.2, 0.25) is 15.9 Å². The molecule has 1 amide bonds. The summed E-state index contributed by atoms with van der Waals surface area (Å²) in [4.78, 5) is 24.7. The minimum Gasteiger partial charge on any atom is -0.340 e. The van der Waals surface area contributed by atoms with Gasteiger partial charge in [-0.3, -0.25) is 14.9 Å². The van der Waals surface area contributed by atoms with Crippen LogP contribution in [0.3, 0.4) is 0 Å². The number of sulfonamides is 1. The van der Waals surface area contributed by atoms with Gasteiger partial charge < -0.3 is 10.6 Å². The molecule has 2 N–H and O–H groups in total. The van der Waals surface area contributed by atoms with Crippen molar-refractivity contribution in [3.63, 3.8) is 0 Å². The van der Waals surface area contributed by atoms with E-state index < -0.39 is 20.4 Å². The van der Waals surface area contributed by atoms with Crippen LogP contribution in [0.1, 0.15) is 26.7 Å². The number of piperazine rings is 1. The number of non-ortho nitro benzene ring substituents is 1. The van der Waals surface area contributed by atoms with E-state index in [-0.39, 0.29) is 48.5 Å². The molecule has 1 fully saturated rings. The number of halogens is 1. The second-order valence-electron chi connectivity index (χ2n) is 6.64. The average Bonchev–Trinajstić information content (AvgIpc) is 2.69. The van der Waals surface area contributed by atoms with Crippen molar-refractivity contribution in [3.05, 3.63) is 34.4 Å². The van der Waals surface area contributed by atoms with Crippen LogP contribution in [0, 0.1) is 15.5 Å². The summed E-state index contributed by atoms with van der Waals surface area (Å²) in [6, 6.07) is 4.81. The first-order valence-corrected chi connectivity index (χ1v) is 10.4. The quantitative estimate of drug-likeness (QED) is 0.513. The van der Waals surface area contributed by atoms with E-state index in [0.717, 1.165) is 0 Å². The van der Waals surface area contributed by atoms with Gasteiger partial charge in [-0.2, -0.15) is 4.31 Å². The summed E-state index contributed by atoms with van der Waals surface area (Å²) in [5, 5.41) is 10.7. The molecule has 0 radical (unpaired) electrons. The lowest BCUT2D eigenvalue weighted by molar-refractivity contribution is -0.384. The van der Waals surface area contributed by atoms with Gasteiger partial charge in [0, 0.05) is 44.9 Å². The van der Waals surface area contributed by atoms with Gasteiger partial charge in [-0.1, -0.05) is 13.8 Å². The van der Waals surface area contributed by atoms with Gasteiger partial charge >= 0.3 is 0 Å². The fraction of sp³-hybridized carbons (Fsp3) is 0.588. The van der Waals surface area contributed by atoms with Crippen molar-refractivity contribution in [2.24, 2.45) is 11.1 Å². The van der Waals surface area contributed by atoms with E-state index in [1.54, 1.807) is 4.90 Å². The van der Waals surface area contributed by atoms with Crippen LogP contribution in [0.5, 0.6) is 0 Å². The summed E-state index contributed by atoms with van der Waals surface area (Å²) >= 11 is 0. The van der Waals surface area contributed by atoms with Crippen LogP contribution in [0.25, 0.3) is 0 Å². The second-order valence-corrected chi connectivity index (χ2v) is 8.58. The number of benzene rings is 1. The number of hydrogen-bond acceptors (Lipinski definition) is 6. The Balaban J connectivity index is 0.00000392. The van der Waals surface area contributed by atoms with Crippen molar-refractivity contribution in [2.75, 3.05) is 32.7 Å². The highest BCUT2D eigenvalue weighted by molar-refractivity contribution is 7.89. The lowest BCUT2D eigenvalue weighted by Crippen LogP contribution is -2.55. The predicted octanol–water partition coefficient (Wildman–Crippen LogP) is 1.61. The molecule has 1 heterocycles. The van der Waals surface area contributed by atoms with Gasteiger partial charge in [-0.05, 0) is 25.0 Å². The maximum absolute atomic E-state index is 12.9. The molecular weight excluding hydrogens is 408 g/mol. The second kappa shape index (κ2) is 9.64. The Morgan fingerprint density at radius 3 is 2.04 bits per heavy atom. The molecule has 0 unspecified atom stereocenters. The van der Waals surface area contributed by atoms with Crippen molar-refractivity contribution in [1.82, 2.24) is 9.21 Å². The summed E-state index contributed by atoms with van der Waals surface area (Å²) in [6.45, 7) is 5.09. The Bertz CT molecular complexity index is 780. The summed E-state index contributed by atoms with van der Waals surface area (Å²) < 4.78 is 26.8. The number of nitrogens with zero attached hydrogens (tertiary/aromatic N) is 3. The van der Waals surface area contributed by atoms with E-state index in [1.165, 1.54) is 28.6 Å². The standard InChI is InChI=1S/C17H26N4O5S.ClH/c1-3-17(4-2,13-18)16(22)19-9-11-20(12-10-19)27(25,26)15-7-5-14(6-8-15)21(23)24;/h5-8H,3-4,9-13,18H2,1-2H3;1H. The number of nitro groups is 1. The van der Waals surface area contributed by atoms with Gasteiger partial charge in [0.05, 0.1) is 15.2 Å². The monoisotopic (exact) mass is 434 g/mol. The van der Waals surface area contributed by atoms with E-state index in [0.29, 0.717) is 25.9 Å². The fourth-order valence-electron chi connectivity index (χ4n) is 3.28. The van der Waals surface area contributed by atoms with Gasteiger partial charge in [0.25, 0.3) is 5.69 Å². The number of amides is 1. The number of nitrogens with two attached hydrogens (primary N) is 1. The first kappa shape index (κ1) is 24.3. The largest absolute Gasteiger partial charge is 0.340 e. The van der Waals surface area contributed by atoms with Gasteiger partial charge in [0.1, 0.15) is 0 Å². The Labute approximate surface area is 171 Å². The average molecular weight is 435 g/mol. The highest BCUT2D eigenvalue weighted by Gasteiger charge is 2.39. The normalized spacial score (nSPS) is 15.8. The van der Waals surface area contributed by atoms with Crippen molar-refractivity contribution >= 4 is 34.0 Å². The molecule has 9 nitrogen and oxygen atoms in total. The first-order chi connectivity index (χ1) is 12.7. The van der Waals surface area contributed by atoms with Crippen LogP contribution in [0.15, 0.2) is 29.2 Å². The molecule has 0 bridgehead atoms. The smallest absolute Gasteiger partial charge is 0.269 e. The first-order valence-electron chi connectivity index (χ1n) is 8.96. The molecule has 0 spiro atoms. The summed E-state index contributed by atoms with van der Waals surface area (Å²) in [5.41, 5.74) is 5.08. The van der Waals surface area contributed by atoms with Crippen LogP contribution < -0.4 is 5.73 Å². The molecular formula is C17H27ClN4O5S. The lowest BCUT2D eigenvalue weighted by atomic mass is 9.81. The Morgan fingerprint density at radius 1 is 1.14 bits per heavy atom. The molecule has 2 rings (SSSR count). The third-order valence-corrected chi connectivity index (χ3v) is 7.32. The Morgan fingerprint density at radius 2 is 1.64 bits per heavy atom. The van der Waals surface area contributed by atoms with E-state index in [2.05, 4.69) is 0 Å². The Hall–Kier alpha value is -1.75. The number of hydrogen-bond donors (Lipinski definition) is 1. The van der Waals surface area contributed by atoms with E-state index in [4.69, 9.17) is 5.73 Å². The minimum absolute atomic E-state index is 0. The number of carbonyl (C=O) groups is 1. The van der Waals surface area contributed by atoms with Crippen molar-refractivity contribution < 1.29 is 18.1 Å². The Kier molecular flexibility index (Phi) is 8.36. The third kappa shape index (κ3) is 4.62. The lowest BCUT2D eigenvalue weighted by Gasteiger charge is -2.39. The maximum atomic E-state index is 12.9. The van der Waals surface area contributed by atoms with Crippen LogP contribution in [-0.2, 0) is 14.8 Å². The molecule has 1 aliphatic rings. The van der Waals surface area contributed by atoms with Crippen molar-refractivity contribution in [3.8, 4) is 0 Å². The molecule has 11 heteroatoms. The molecule has 1 aromatic rings. The van der Waals surface area contributed by atoms with Crippen molar-refractivity contribution in [2.45, 2.75) is 31.6 Å². The van der Waals surface area contributed by atoms with E-state index >= 15 is 0 Å². The topological polar surface area (TPSA) is 127 Å². The fourth-order valence-corrected chi connectivity index (χ4v) is 4.71. The number of carbonyl (C=O) groups excluding carboxylic acids is 1. The molecule has 0 atom stereocenters. The number of rotatable bonds is 7. The van der Waals surface area contributed by atoms with Gasteiger partial charge in [0.15, 0.2) is 0 Å². The summed E-state index contributed by atoms with van der Waals surface area (Å²) in [6.07, 6.45) is 1.28. The van der Waals surface area contributed by atoms with Crippen LogP contribution in [0.4, 0.5) is 5.69 Å². The minimum atomic E-state index is -3.76. The maximum Gasteiger partial charge on any atom is 0.269 e. The zero-order valence-electron chi connectivity index (χ0n) is 16.0. The molecule has 158 valence electrons. The third-order valence-electron chi connectivity index (χ3n) is 5.41. The molecule has 0 aromatic heterocycles. The van der Waals surface area contributed by atoms with Crippen LogP contribution in [-0.4, -0.2) is 61.2 Å². The van der Waals surface area contributed by atoms with Crippen LogP contribution >= 0.6 is 12.4 Å². The summed E-state index contributed by atoms with van der Waals surface area (Å²) in [5.74, 6) is -0.0256. The number of nitro benzene ring substituents is 1. The van der Waals surface area contributed by atoms with E-state index in [1.807, 2.05) is 13.8 Å². The zero-order chi connectivity index (χ0) is 20.2. The molecule has 28 heavy (non-hydrogen) atoms. The highest BCUT2D eigenvalue weighted by Crippen LogP contribution is 2.29.